The number of carbonyl (C=O) groups excluding carboxylic acids is 1. The van der Waals surface area contributed by atoms with Crippen LogP contribution in [0, 0.1) is 0 Å². The van der Waals surface area contributed by atoms with E-state index in [-0.39, 0.29) is 5.75 Å². The van der Waals surface area contributed by atoms with Gasteiger partial charge in [0.05, 0.1) is 0 Å². The predicted molar refractivity (Wildman–Crippen MR) is 105 cm³/mol. The van der Waals surface area contributed by atoms with E-state index in [2.05, 4.69) is 20.9 Å². The Kier molecular flexibility index (Phi) is 9.33. The van der Waals surface area contributed by atoms with Gasteiger partial charge in [-0.25, -0.2) is 4.79 Å². The molecule has 1 aromatic carbocycles. The number of amides is 1. The van der Waals surface area contributed by atoms with Crippen LogP contribution in [0.4, 0.5) is 4.79 Å². The third kappa shape index (κ3) is 10.4. The van der Waals surface area contributed by atoms with E-state index in [0.717, 1.165) is 30.9 Å². The second-order valence-corrected chi connectivity index (χ2v) is 6.89. The number of carbonyl (C=O) groups is 1. The average molecular weight is 364 g/mol. The highest BCUT2D eigenvalue weighted by atomic mass is 16.6. The number of rotatable bonds is 8. The quantitative estimate of drug-likeness (QED) is 0.323. The maximum absolute atomic E-state index is 11.5. The molecule has 0 bridgehead atoms. The molecule has 1 amide bonds. The van der Waals surface area contributed by atoms with E-state index in [0.29, 0.717) is 19.6 Å². The predicted octanol–water partition coefficient (Wildman–Crippen LogP) is 2.40. The fraction of sp³-hybridized carbons (Fsp3) is 0.579. The van der Waals surface area contributed by atoms with Crippen molar-refractivity contribution in [3.05, 3.63) is 29.8 Å². The van der Waals surface area contributed by atoms with Gasteiger partial charge in [-0.2, -0.15) is 0 Å². The van der Waals surface area contributed by atoms with Crippen molar-refractivity contribution in [3.8, 4) is 5.75 Å². The number of nitrogens with zero attached hydrogens (tertiary/aromatic N) is 1. The molecular weight excluding hydrogens is 332 g/mol. The normalized spacial score (nSPS) is 11.8. The summed E-state index contributed by atoms with van der Waals surface area (Å²) in [6.45, 7) is 10.1. The van der Waals surface area contributed by atoms with E-state index in [9.17, 15) is 9.90 Å². The summed E-state index contributed by atoms with van der Waals surface area (Å²) in [7, 11) is 0. The summed E-state index contributed by atoms with van der Waals surface area (Å²) in [6.07, 6.45) is 1.11. The van der Waals surface area contributed by atoms with Crippen molar-refractivity contribution in [2.75, 3.05) is 26.2 Å². The Morgan fingerprint density at radius 2 is 1.96 bits per heavy atom. The first kappa shape index (κ1) is 21.6. The Labute approximate surface area is 156 Å². The molecule has 0 aromatic heterocycles. The maximum atomic E-state index is 11.5. The number of guanidine groups is 1. The van der Waals surface area contributed by atoms with E-state index < -0.39 is 11.7 Å². The molecule has 26 heavy (non-hydrogen) atoms. The molecule has 1 aromatic rings. The number of benzene rings is 1. The van der Waals surface area contributed by atoms with Crippen molar-refractivity contribution in [3.63, 3.8) is 0 Å². The zero-order valence-corrected chi connectivity index (χ0v) is 16.3. The van der Waals surface area contributed by atoms with Crippen LogP contribution in [0.1, 0.15) is 39.7 Å². The van der Waals surface area contributed by atoms with Gasteiger partial charge in [-0.1, -0.05) is 12.1 Å². The summed E-state index contributed by atoms with van der Waals surface area (Å²) in [5, 5.41) is 18.7. The monoisotopic (exact) mass is 364 g/mol. The van der Waals surface area contributed by atoms with Crippen LogP contribution in [-0.2, 0) is 11.2 Å². The molecule has 4 N–H and O–H groups in total. The first-order valence-corrected chi connectivity index (χ1v) is 9.07. The topological polar surface area (TPSA) is 95.0 Å². The van der Waals surface area contributed by atoms with Crippen molar-refractivity contribution in [1.29, 1.82) is 0 Å². The van der Waals surface area contributed by atoms with E-state index in [1.54, 1.807) is 12.1 Å². The lowest BCUT2D eigenvalue weighted by Crippen LogP contribution is -2.38. The van der Waals surface area contributed by atoms with Gasteiger partial charge in [-0.3, -0.25) is 4.99 Å². The molecular formula is C19H32N4O3. The summed E-state index contributed by atoms with van der Waals surface area (Å²) in [5.41, 5.74) is 0.579. The van der Waals surface area contributed by atoms with Gasteiger partial charge in [0.15, 0.2) is 5.96 Å². The Hall–Kier alpha value is -2.44. The number of phenolic OH excluding ortho intramolecular Hbond substituents is 1. The zero-order chi connectivity index (χ0) is 19.4. The largest absolute Gasteiger partial charge is 0.508 e. The third-order valence-corrected chi connectivity index (χ3v) is 3.23. The van der Waals surface area contributed by atoms with Crippen molar-refractivity contribution < 1.29 is 14.6 Å². The van der Waals surface area contributed by atoms with Crippen molar-refractivity contribution in [2.24, 2.45) is 4.99 Å². The van der Waals surface area contributed by atoms with Gasteiger partial charge < -0.3 is 25.8 Å². The summed E-state index contributed by atoms with van der Waals surface area (Å²) >= 11 is 0. The van der Waals surface area contributed by atoms with Crippen LogP contribution in [0.3, 0.4) is 0 Å². The second-order valence-electron chi connectivity index (χ2n) is 6.89. The van der Waals surface area contributed by atoms with Crippen LogP contribution in [0.15, 0.2) is 29.3 Å². The lowest BCUT2D eigenvalue weighted by Gasteiger charge is -2.19. The number of hydrogen-bond acceptors (Lipinski definition) is 4. The Balaban J connectivity index is 2.29. The smallest absolute Gasteiger partial charge is 0.407 e. The van der Waals surface area contributed by atoms with Crippen LogP contribution >= 0.6 is 0 Å². The summed E-state index contributed by atoms with van der Waals surface area (Å²) in [6, 6.07) is 7.23. The first-order chi connectivity index (χ1) is 12.3. The van der Waals surface area contributed by atoms with Crippen LogP contribution in [0.2, 0.25) is 0 Å². The number of aromatic hydroxyl groups is 1. The third-order valence-electron chi connectivity index (χ3n) is 3.23. The summed E-state index contributed by atoms with van der Waals surface area (Å²) in [4.78, 5) is 16.0. The zero-order valence-electron chi connectivity index (χ0n) is 16.3. The number of alkyl carbamates (subject to hydrolysis) is 1. The number of aliphatic imine (C=N–C) groups is 1. The molecule has 0 unspecified atom stereocenters. The molecule has 0 aliphatic heterocycles. The summed E-state index contributed by atoms with van der Waals surface area (Å²) in [5.74, 6) is 1.02. The fourth-order valence-electron chi connectivity index (χ4n) is 2.15. The molecule has 0 spiro atoms. The second kappa shape index (κ2) is 11.2. The van der Waals surface area contributed by atoms with Gasteiger partial charge in [0.2, 0.25) is 0 Å². The molecule has 0 heterocycles. The highest BCUT2D eigenvalue weighted by molar-refractivity contribution is 5.79. The lowest BCUT2D eigenvalue weighted by molar-refractivity contribution is 0.0527. The van der Waals surface area contributed by atoms with E-state index in [1.165, 1.54) is 0 Å². The number of hydrogen-bond donors (Lipinski definition) is 4. The molecule has 0 aliphatic carbocycles. The molecule has 0 aliphatic rings. The van der Waals surface area contributed by atoms with Crippen LogP contribution in [-0.4, -0.2) is 48.9 Å². The number of nitrogens with one attached hydrogen (secondary N) is 3. The van der Waals surface area contributed by atoms with E-state index in [1.807, 2.05) is 39.8 Å². The van der Waals surface area contributed by atoms with Gasteiger partial charge in [0.25, 0.3) is 0 Å². The van der Waals surface area contributed by atoms with E-state index >= 15 is 0 Å². The Morgan fingerprint density at radius 1 is 1.19 bits per heavy atom. The first-order valence-electron chi connectivity index (χ1n) is 9.07. The van der Waals surface area contributed by atoms with Gasteiger partial charge in [0, 0.05) is 26.2 Å². The molecule has 1 rings (SSSR count). The van der Waals surface area contributed by atoms with Gasteiger partial charge >= 0.3 is 6.09 Å². The van der Waals surface area contributed by atoms with Gasteiger partial charge in [-0.15, -0.1) is 0 Å². The lowest BCUT2D eigenvalue weighted by atomic mass is 10.1. The molecule has 0 saturated carbocycles. The SMILES string of the molecule is CCNC(=NCCCNC(=O)OC(C)(C)C)NCCc1cccc(O)c1. The van der Waals surface area contributed by atoms with Crippen molar-refractivity contribution >= 4 is 12.1 Å². The summed E-state index contributed by atoms with van der Waals surface area (Å²) < 4.78 is 5.18. The van der Waals surface area contributed by atoms with Crippen LogP contribution in [0.25, 0.3) is 0 Å². The minimum absolute atomic E-state index is 0.278. The molecule has 0 radical (unpaired) electrons. The standard InChI is InChI=1S/C19H32N4O3/c1-5-20-17(22-13-10-15-8-6-9-16(24)14-15)21-11-7-12-23-18(25)26-19(2,3)4/h6,8-9,14,24H,5,7,10-13H2,1-4H3,(H,23,25)(H2,20,21,22). The highest BCUT2D eigenvalue weighted by Crippen LogP contribution is 2.10. The highest BCUT2D eigenvalue weighted by Gasteiger charge is 2.15. The minimum atomic E-state index is -0.486. The van der Waals surface area contributed by atoms with Gasteiger partial charge in [0.1, 0.15) is 11.4 Å². The van der Waals surface area contributed by atoms with Crippen molar-refractivity contribution in [2.45, 2.75) is 46.1 Å². The molecule has 7 nitrogen and oxygen atoms in total. The Morgan fingerprint density at radius 3 is 2.62 bits per heavy atom. The van der Waals surface area contributed by atoms with Crippen molar-refractivity contribution in [1.82, 2.24) is 16.0 Å². The maximum Gasteiger partial charge on any atom is 0.407 e. The molecule has 0 saturated heterocycles. The Bertz CT molecular complexity index is 582. The van der Waals surface area contributed by atoms with Gasteiger partial charge in [-0.05, 0) is 58.2 Å². The number of phenols is 1. The van der Waals surface area contributed by atoms with E-state index in [4.69, 9.17) is 4.74 Å². The molecule has 0 fully saturated rings. The minimum Gasteiger partial charge on any atom is -0.508 e. The average Bonchev–Trinajstić information content (AvgIpc) is 2.53. The number of ether oxygens (including phenoxy) is 1. The molecule has 0 atom stereocenters. The molecule has 146 valence electrons. The fourth-order valence-corrected chi connectivity index (χ4v) is 2.15. The molecule has 7 heteroatoms. The van der Waals surface area contributed by atoms with Crippen LogP contribution in [0.5, 0.6) is 5.75 Å². The van der Waals surface area contributed by atoms with Crippen LogP contribution < -0.4 is 16.0 Å².